The lowest BCUT2D eigenvalue weighted by molar-refractivity contribution is 0.146. The van der Waals surface area contributed by atoms with E-state index in [1.165, 1.54) is 0 Å². The van der Waals surface area contributed by atoms with Gasteiger partial charge in [0.05, 0.1) is 6.33 Å². The van der Waals surface area contributed by atoms with Crippen molar-refractivity contribution < 1.29 is 8.78 Å². The van der Waals surface area contributed by atoms with Crippen molar-refractivity contribution in [1.82, 2.24) is 9.97 Å². The van der Waals surface area contributed by atoms with E-state index in [0.29, 0.717) is 0 Å². The number of halogens is 2. The Morgan fingerprint density at radius 1 is 1.64 bits per heavy atom. The number of alkyl halides is 2. The Morgan fingerprint density at radius 3 is 2.73 bits per heavy atom. The van der Waals surface area contributed by atoms with Crippen LogP contribution in [0.4, 0.5) is 14.5 Å². The molecule has 0 aliphatic heterocycles. The highest BCUT2D eigenvalue weighted by Gasteiger charge is 2.14. The smallest absolute Gasteiger partial charge is 0.282 e. The molecule has 0 amide bonds. The number of rotatable bonds is 1. The van der Waals surface area contributed by atoms with Gasteiger partial charge in [-0.15, -0.1) is 0 Å². The van der Waals surface area contributed by atoms with Crippen LogP contribution in [0.5, 0.6) is 0 Å². The fourth-order valence-corrected chi connectivity index (χ4v) is 0.598. The lowest BCUT2D eigenvalue weighted by Crippen LogP contribution is -2.15. The monoisotopic (exact) mass is 161 g/mol. The Bertz CT molecular complexity index is 309. The predicted octanol–water partition coefficient (Wildman–Crippen LogP) is 0.290. The van der Waals surface area contributed by atoms with Gasteiger partial charge in [0.2, 0.25) is 0 Å². The summed E-state index contributed by atoms with van der Waals surface area (Å²) >= 11 is 0. The maximum atomic E-state index is 11.9. The lowest BCUT2D eigenvalue weighted by Gasteiger charge is -1.99. The van der Waals surface area contributed by atoms with Gasteiger partial charge in [0.1, 0.15) is 11.4 Å². The molecule has 0 aromatic carbocycles. The molecule has 1 heterocycles. The number of nitrogens with zero attached hydrogens (tertiary/aromatic N) is 1. The van der Waals surface area contributed by atoms with Crippen LogP contribution in [-0.2, 0) is 0 Å². The molecule has 0 aliphatic carbocycles. The van der Waals surface area contributed by atoms with Crippen LogP contribution < -0.4 is 11.3 Å². The van der Waals surface area contributed by atoms with E-state index in [1.54, 1.807) is 0 Å². The first kappa shape index (κ1) is 7.64. The van der Waals surface area contributed by atoms with Crippen LogP contribution in [0.25, 0.3) is 0 Å². The van der Waals surface area contributed by atoms with E-state index < -0.39 is 23.4 Å². The van der Waals surface area contributed by atoms with Crippen molar-refractivity contribution in [3.8, 4) is 0 Å². The molecule has 0 radical (unpaired) electrons. The van der Waals surface area contributed by atoms with E-state index in [-0.39, 0.29) is 0 Å². The molecule has 0 aliphatic rings. The average molecular weight is 161 g/mol. The SMILES string of the molecule is Nc1c(C(F)F)nc[nH]c1=O. The van der Waals surface area contributed by atoms with Gasteiger partial charge >= 0.3 is 0 Å². The minimum Gasteiger partial charge on any atom is -0.393 e. The molecule has 0 unspecified atom stereocenters. The van der Waals surface area contributed by atoms with Crippen LogP contribution in [-0.4, -0.2) is 9.97 Å². The number of aromatic nitrogens is 2. The number of aromatic amines is 1. The highest BCUT2D eigenvalue weighted by atomic mass is 19.3. The predicted molar refractivity (Wildman–Crippen MR) is 34.2 cm³/mol. The van der Waals surface area contributed by atoms with Crippen LogP contribution in [0.3, 0.4) is 0 Å². The molecule has 3 N–H and O–H groups in total. The maximum Gasteiger partial charge on any atom is 0.282 e. The zero-order valence-electron chi connectivity index (χ0n) is 5.34. The van der Waals surface area contributed by atoms with E-state index in [1.807, 2.05) is 0 Å². The highest BCUT2D eigenvalue weighted by Crippen LogP contribution is 2.18. The summed E-state index contributed by atoms with van der Waals surface area (Å²) in [6, 6.07) is 0. The van der Waals surface area contributed by atoms with Gasteiger partial charge in [0, 0.05) is 0 Å². The summed E-state index contributed by atoms with van der Waals surface area (Å²) in [5, 5.41) is 0. The second kappa shape index (κ2) is 2.65. The quantitative estimate of drug-likeness (QED) is 0.621. The summed E-state index contributed by atoms with van der Waals surface area (Å²) in [4.78, 5) is 15.9. The molecule has 0 bridgehead atoms. The van der Waals surface area contributed by atoms with Gasteiger partial charge in [-0.2, -0.15) is 0 Å². The third-order valence-corrected chi connectivity index (χ3v) is 1.13. The Labute approximate surface area is 60.1 Å². The van der Waals surface area contributed by atoms with E-state index in [9.17, 15) is 13.6 Å². The fraction of sp³-hybridized carbons (Fsp3) is 0.200. The summed E-state index contributed by atoms with van der Waals surface area (Å²) in [6.45, 7) is 0. The Balaban J connectivity index is 3.28. The van der Waals surface area contributed by atoms with Crippen LogP contribution in [0.2, 0.25) is 0 Å². The van der Waals surface area contributed by atoms with E-state index in [2.05, 4.69) is 9.97 Å². The molecule has 1 aromatic rings. The van der Waals surface area contributed by atoms with Crippen LogP contribution in [0.15, 0.2) is 11.1 Å². The van der Waals surface area contributed by atoms with Crippen molar-refractivity contribution in [2.75, 3.05) is 5.73 Å². The molecule has 60 valence electrons. The van der Waals surface area contributed by atoms with Gasteiger partial charge in [-0.3, -0.25) is 4.79 Å². The third kappa shape index (κ3) is 1.34. The zero-order valence-corrected chi connectivity index (χ0v) is 5.34. The lowest BCUT2D eigenvalue weighted by atomic mass is 10.3. The van der Waals surface area contributed by atoms with E-state index >= 15 is 0 Å². The normalized spacial score (nSPS) is 10.5. The second-order valence-corrected chi connectivity index (χ2v) is 1.83. The van der Waals surface area contributed by atoms with E-state index in [0.717, 1.165) is 6.33 Å². The number of nitrogen functional groups attached to an aromatic ring is 1. The second-order valence-electron chi connectivity index (χ2n) is 1.83. The molecule has 4 nitrogen and oxygen atoms in total. The van der Waals surface area contributed by atoms with Crippen LogP contribution in [0.1, 0.15) is 12.1 Å². The molecule has 1 aromatic heterocycles. The Kier molecular flexibility index (Phi) is 1.84. The minimum atomic E-state index is -2.81. The fourth-order valence-electron chi connectivity index (χ4n) is 0.598. The molecule has 0 saturated heterocycles. The Hall–Kier alpha value is -1.46. The molecule has 0 saturated carbocycles. The first-order chi connectivity index (χ1) is 5.13. The average Bonchev–Trinajstić information content (AvgIpc) is 1.94. The first-order valence-corrected chi connectivity index (χ1v) is 2.74. The van der Waals surface area contributed by atoms with Crippen molar-refractivity contribution in [2.24, 2.45) is 0 Å². The van der Waals surface area contributed by atoms with Gasteiger partial charge in [-0.1, -0.05) is 0 Å². The third-order valence-electron chi connectivity index (χ3n) is 1.13. The number of nitrogens with two attached hydrogens (primary N) is 1. The summed E-state index contributed by atoms with van der Waals surface area (Å²) in [6.07, 6.45) is -1.92. The molecule has 11 heavy (non-hydrogen) atoms. The number of nitrogens with one attached hydrogen (secondary N) is 1. The summed E-state index contributed by atoms with van der Waals surface area (Å²) < 4.78 is 23.8. The standard InChI is InChI=1S/C5H5F2N3O/c6-4(7)3-2(8)5(11)10-1-9-3/h1,4H,8H2,(H,9,10,11). The zero-order chi connectivity index (χ0) is 8.43. The summed E-state index contributed by atoms with van der Waals surface area (Å²) in [5.74, 6) is 0. The molecular formula is C5H5F2N3O. The maximum absolute atomic E-state index is 11.9. The van der Waals surface area contributed by atoms with Gasteiger partial charge in [0.25, 0.3) is 12.0 Å². The van der Waals surface area contributed by atoms with Crippen LogP contribution >= 0.6 is 0 Å². The topological polar surface area (TPSA) is 71.8 Å². The number of anilines is 1. The highest BCUT2D eigenvalue weighted by molar-refractivity contribution is 5.39. The molecule has 1 rings (SSSR count). The Morgan fingerprint density at radius 2 is 2.27 bits per heavy atom. The van der Waals surface area contributed by atoms with Crippen LogP contribution in [0, 0.1) is 0 Å². The van der Waals surface area contributed by atoms with E-state index in [4.69, 9.17) is 5.73 Å². The molecule has 0 spiro atoms. The largest absolute Gasteiger partial charge is 0.393 e. The van der Waals surface area contributed by atoms with Crippen molar-refractivity contribution in [3.05, 3.63) is 22.4 Å². The summed E-state index contributed by atoms with van der Waals surface area (Å²) in [7, 11) is 0. The minimum absolute atomic E-state index is 0.525. The van der Waals surface area contributed by atoms with Gasteiger partial charge in [0.15, 0.2) is 0 Å². The van der Waals surface area contributed by atoms with Crippen molar-refractivity contribution in [1.29, 1.82) is 0 Å². The number of H-pyrrole nitrogens is 1. The molecule has 0 atom stereocenters. The molecule has 0 fully saturated rings. The first-order valence-electron chi connectivity index (χ1n) is 2.74. The number of hydrogen-bond donors (Lipinski definition) is 2. The van der Waals surface area contributed by atoms with Crippen molar-refractivity contribution in [3.63, 3.8) is 0 Å². The van der Waals surface area contributed by atoms with Crippen molar-refractivity contribution in [2.45, 2.75) is 6.43 Å². The van der Waals surface area contributed by atoms with Gasteiger partial charge in [-0.25, -0.2) is 13.8 Å². The van der Waals surface area contributed by atoms with Gasteiger partial charge < -0.3 is 10.7 Å². The van der Waals surface area contributed by atoms with Gasteiger partial charge in [-0.05, 0) is 0 Å². The molecular weight excluding hydrogens is 156 g/mol. The number of hydrogen-bond acceptors (Lipinski definition) is 3. The molecule has 6 heteroatoms. The summed E-state index contributed by atoms with van der Waals surface area (Å²) in [5.41, 5.74) is 3.06. The van der Waals surface area contributed by atoms with Crippen molar-refractivity contribution >= 4 is 5.69 Å².